The first kappa shape index (κ1) is 12.0. The molecule has 15 heavy (non-hydrogen) atoms. The normalized spacial score (nSPS) is 21.0. The summed E-state index contributed by atoms with van der Waals surface area (Å²) in [5, 5.41) is 0. The van der Waals surface area contributed by atoms with Crippen LogP contribution in [0.3, 0.4) is 0 Å². The minimum Gasteiger partial charge on any atom is -0.430 e. The maximum atomic E-state index is 11.8. The van der Waals surface area contributed by atoms with Crippen molar-refractivity contribution in [3.05, 3.63) is 0 Å². The number of ketones is 1. The van der Waals surface area contributed by atoms with E-state index in [9.17, 15) is 9.59 Å². The van der Waals surface area contributed by atoms with Gasteiger partial charge in [0.2, 0.25) is 0 Å². The Labute approximate surface area is 89.9 Å². The summed E-state index contributed by atoms with van der Waals surface area (Å²) in [6.07, 6.45) is 0.972. The van der Waals surface area contributed by atoms with Crippen molar-refractivity contribution in [2.75, 3.05) is 6.61 Å². The molecule has 1 aliphatic heterocycles. The molecule has 1 unspecified atom stereocenters. The summed E-state index contributed by atoms with van der Waals surface area (Å²) in [4.78, 5) is 22.4. The zero-order chi connectivity index (χ0) is 11.5. The van der Waals surface area contributed by atoms with E-state index in [1.54, 1.807) is 0 Å². The third-order valence-corrected chi connectivity index (χ3v) is 2.98. The molecular weight excluding hydrogens is 196 g/mol. The number of rotatable bonds is 5. The van der Waals surface area contributed by atoms with Gasteiger partial charge >= 0.3 is 6.16 Å². The molecule has 0 spiro atoms. The highest BCUT2D eigenvalue weighted by molar-refractivity contribution is 5.84. The fourth-order valence-corrected chi connectivity index (χ4v) is 1.34. The SMILES string of the molecule is CCC(C)(C)C(=O)CCC1COC(=O)O1. The van der Waals surface area contributed by atoms with E-state index in [2.05, 4.69) is 4.74 Å². The van der Waals surface area contributed by atoms with Crippen molar-refractivity contribution in [2.24, 2.45) is 5.41 Å². The Morgan fingerprint density at radius 3 is 2.67 bits per heavy atom. The second-order valence-electron chi connectivity index (χ2n) is 4.50. The molecule has 4 heteroatoms. The second-order valence-corrected chi connectivity index (χ2v) is 4.50. The van der Waals surface area contributed by atoms with Crippen LogP contribution in [0.5, 0.6) is 0 Å². The highest BCUT2D eigenvalue weighted by atomic mass is 16.8. The number of Topliss-reactive ketones (excluding diaryl/α,β-unsaturated/α-hetero) is 1. The number of ether oxygens (including phenoxy) is 2. The molecule has 86 valence electrons. The molecular formula is C11H18O4. The summed E-state index contributed by atoms with van der Waals surface area (Å²) in [7, 11) is 0. The van der Waals surface area contributed by atoms with Crippen LogP contribution in [0.25, 0.3) is 0 Å². The van der Waals surface area contributed by atoms with E-state index in [1.807, 2.05) is 20.8 Å². The smallest absolute Gasteiger partial charge is 0.430 e. The summed E-state index contributed by atoms with van der Waals surface area (Å²) in [5.41, 5.74) is -0.274. The first-order chi connectivity index (χ1) is 6.95. The number of carbonyl (C=O) groups excluding carboxylic acids is 2. The van der Waals surface area contributed by atoms with Gasteiger partial charge in [-0.2, -0.15) is 0 Å². The molecule has 1 atom stereocenters. The largest absolute Gasteiger partial charge is 0.508 e. The zero-order valence-electron chi connectivity index (χ0n) is 9.54. The van der Waals surface area contributed by atoms with Crippen molar-refractivity contribution in [1.29, 1.82) is 0 Å². The van der Waals surface area contributed by atoms with Gasteiger partial charge in [-0.25, -0.2) is 4.79 Å². The summed E-state index contributed by atoms with van der Waals surface area (Å²) in [6.45, 7) is 6.15. The van der Waals surface area contributed by atoms with Crippen molar-refractivity contribution < 1.29 is 19.1 Å². The average Bonchev–Trinajstić information content (AvgIpc) is 2.60. The Morgan fingerprint density at radius 1 is 1.53 bits per heavy atom. The van der Waals surface area contributed by atoms with Crippen LogP contribution >= 0.6 is 0 Å². The van der Waals surface area contributed by atoms with Crippen LogP contribution in [0.4, 0.5) is 4.79 Å². The summed E-state index contributed by atoms with van der Waals surface area (Å²) >= 11 is 0. The van der Waals surface area contributed by atoms with E-state index in [-0.39, 0.29) is 23.9 Å². The van der Waals surface area contributed by atoms with Gasteiger partial charge in [0.15, 0.2) is 0 Å². The first-order valence-corrected chi connectivity index (χ1v) is 5.32. The van der Waals surface area contributed by atoms with Crippen molar-refractivity contribution in [1.82, 2.24) is 0 Å². The van der Waals surface area contributed by atoms with Gasteiger partial charge in [0, 0.05) is 11.8 Å². The van der Waals surface area contributed by atoms with E-state index < -0.39 is 6.16 Å². The lowest BCUT2D eigenvalue weighted by Gasteiger charge is -2.21. The Balaban J connectivity index is 2.31. The molecule has 0 N–H and O–H groups in total. The lowest BCUT2D eigenvalue weighted by atomic mass is 9.83. The minimum atomic E-state index is -0.623. The van der Waals surface area contributed by atoms with E-state index in [4.69, 9.17) is 4.74 Å². The minimum absolute atomic E-state index is 0.216. The van der Waals surface area contributed by atoms with Gasteiger partial charge in [-0.15, -0.1) is 0 Å². The molecule has 1 fully saturated rings. The molecule has 0 saturated carbocycles. The lowest BCUT2D eigenvalue weighted by molar-refractivity contribution is -0.127. The Hall–Kier alpha value is -1.06. The fraction of sp³-hybridized carbons (Fsp3) is 0.818. The maximum Gasteiger partial charge on any atom is 0.508 e. The van der Waals surface area contributed by atoms with E-state index in [0.717, 1.165) is 6.42 Å². The van der Waals surface area contributed by atoms with Crippen LogP contribution in [0.2, 0.25) is 0 Å². The Kier molecular flexibility index (Phi) is 3.72. The fourth-order valence-electron chi connectivity index (χ4n) is 1.34. The molecule has 0 aromatic heterocycles. The molecule has 4 nitrogen and oxygen atoms in total. The van der Waals surface area contributed by atoms with Gasteiger partial charge in [0.1, 0.15) is 18.5 Å². The van der Waals surface area contributed by atoms with Crippen LogP contribution in [-0.2, 0) is 14.3 Å². The molecule has 0 aromatic rings. The molecule has 0 radical (unpaired) electrons. The Morgan fingerprint density at radius 2 is 2.20 bits per heavy atom. The molecule has 0 amide bonds. The maximum absolute atomic E-state index is 11.8. The van der Waals surface area contributed by atoms with E-state index >= 15 is 0 Å². The predicted octanol–water partition coefficient (Wildman–Crippen LogP) is 2.31. The second kappa shape index (κ2) is 4.64. The topological polar surface area (TPSA) is 52.6 Å². The van der Waals surface area contributed by atoms with Gasteiger partial charge in [0.25, 0.3) is 0 Å². The lowest BCUT2D eigenvalue weighted by Crippen LogP contribution is -2.24. The van der Waals surface area contributed by atoms with Crippen LogP contribution < -0.4 is 0 Å². The van der Waals surface area contributed by atoms with Gasteiger partial charge in [-0.3, -0.25) is 4.79 Å². The first-order valence-electron chi connectivity index (χ1n) is 5.32. The molecule has 1 heterocycles. The molecule has 0 aromatic carbocycles. The van der Waals surface area contributed by atoms with Gasteiger partial charge < -0.3 is 9.47 Å². The van der Waals surface area contributed by atoms with Gasteiger partial charge in [-0.05, 0) is 12.8 Å². The molecule has 1 aliphatic rings. The summed E-state index contributed by atoms with van der Waals surface area (Å²) < 4.78 is 9.48. The Bertz CT molecular complexity index is 257. The molecule has 1 saturated heterocycles. The van der Waals surface area contributed by atoms with Crippen LogP contribution in [0.15, 0.2) is 0 Å². The van der Waals surface area contributed by atoms with Gasteiger partial charge in [0.05, 0.1) is 0 Å². The number of cyclic esters (lactones) is 2. The van der Waals surface area contributed by atoms with Crippen molar-refractivity contribution in [2.45, 2.75) is 46.1 Å². The monoisotopic (exact) mass is 214 g/mol. The number of hydrogen-bond acceptors (Lipinski definition) is 4. The summed E-state index contributed by atoms with van der Waals surface area (Å²) in [6, 6.07) is 0. The average molecular weight is 214 g/mol. The van der Waals surface area contributed by atoms with Crippen LogP contribution in [0, 0.1) is 5.41 Å². The van der Waals surface area contributed by atoms with E-state index in [1.165, 1.54) is 0 Å². The molecule has 0 aliphatic carbocycles. The van der Waals surface area contributed by atoms with E-state index in [0.29, 0.717) is 12.8 Å². The quantitative estimate of drug-likeness (QED) is 0.659. The van der Waals surface area contributed by atoms with Gasteiger partial charge in [-0.1, -0.05) is 20.8 Å². The highest BCUT2D eigenvalue weighted by Crippen LogP contribution is 2.24. The van der Waals surface area contributed by atoms with Crippen molar-refractivity contribution >= 4 is 11.9 Å². The third-order valence-electron chi connectivity index (χ3n) is 2.98. The molecule has 1 rings (SSSR count). The summed E-state index contributed by atoms with van der Waals surface area (Å²) in [5.74, 6) is 0.216. The number of hydrogen-bond donors (Lipinski definition) is 0. The standard InChI is InChI=1S/C11H18O4/c1-4-11(2,3)9(12)6-5-8-7-14-10(13)15-8/h8H,4-7H2,1-3H3. The zero-order valence-corrected chi connectivity index (χ0v) is 9.54. The third kappa shape index (κ3) is 3.22. The predicted molar refractivity (Wildman–Crippen MR) is 54.5 cm³/mol. The highest BCUT2D eigenvalue weighted by Gasteiger charge is 2.29. The van der Waals surface area contributed by atoms with Crippen LogP contribution in [-0.4, -0.2) is 24.6 Å². The molecule has 0 bridgehead atoms. The number of carbonyl (C=O) groups is 2. The van der Waals surface area contributed by atoms with Crippen LogP contribution in [0.1, 0.15) is 40.0 Å². The van der Waals surface area contributed by atoms with Crippen molar-refractivity contribution in [3.63, 3.8) is 0 Å². The van der Waals surface area contributed by atoms with Crippen molar-refractivity contribution in [3.8, 4) is 0 Å².